The number of hydrogen-bond acceptors (Lipinski definition) is 4. The SMILES string of the molecule is N[C@@H]1CCN(C(=O)C2CCCCN2C(=O)c2cccs2)C1. The number of rotatable bonds is 2. The summed E-state index contributed by atoms with van der Waals surface area (Å²) in [6.45, 7) is 2.01. The summed E-state index contributed by atoms with van der Waals surface area (Å²) in [5.74, 6) is 0.0686. The highest BCUT2D eigenvalue weighted by atomic mass is 32.1. The lowest BCUT2D eigenvalue weighted by Gasteiger charge is -2.36. The third-order valence-electron chi connectivity index (χ3n) is 4.32. The molecule has 2 N–H and O–H groups in total. The van der Waals surface area contributed by atoms with Gasteiger partial charge in [-0.1, -0.05) is 6.07 Å². The van der Waals surface area contributed by atoms with Crippen molar-refractivity contribution in [1.29, 1.82) is 0 Å². The van der Waals surface area contributed by atoms with Gasteiger partial charge in [-0.25, -0.2) is 0 Å². The summed E-state index contributed by atoms with van der Waals surface area (Å²) in [5.41, 5.74) is 5.89. The molecule has 3 heterocycles. The van der Waals surface area contributed by atoms with Crippen LogP contribution in [0.3, 0.4) is 0 Å². The Hall–Kier alpha value is -1.40. The number of thiophene rings is 1. The predicted octanol–water partition coefficient (Wildman–Crippen LogP) is 1.30. The van der Waals surface area contributed by atoms with Crippen LogP contribution in [0.5, 0.6) is 0 Å². The molecule has 2 saturated heterocycles. The van der Waals surface area contributed by atoms with Crippen molar-refractivity contribution in [3.05, 3.63) is 22.4 Å². The van der Waals surface area contributed by atoms with Crippen LogP contribution >= 0.6 is 11.3 Å². The molecule has 0 aliphatic carbocycles. The van der Waals surface area contributed by atoms with Crippen LogP contribution in [0, 0.1) is 0 Å². The van der Waals surface area contributed by atoms with Gasteiger partial charge >= 0.3 is 0 Å². The van der Waals surface area contributed by atoms with Crippen molar-refractivity contribution >= 4 is 23.2 Å². The highest BCUT2D eigenvalue weighted by Crippen LogP contribution is 2.24. The Morgan fingerprint density at radius 3 is 2.76 bits per heavy atom. The van der Waals surface area contributed by atoms with Crippen LogP contribution in [0.1, 0.15) is 35.4 Å². The molecule has 2 atom stereocenters. The van der Waals surface area contributed by atoms with Crippen LogP contribution in [0.2, 0.25) is 0 Å². The Morgan fingerprint density at radius 1 is 1.24 bits per heavy atom. The van der Waals surface area contributed by atoms with Gasteiger partial charge in [-0.2, -0.15) is 0 Å². The van der Waals surface area contributed by atoms with Crippen LogP contribution in [-0.2, 0) is 4.79 Å². The molecule has 2 fully saturated rings. The molecule has 21 heavy (non-hydrogen) atoms. The summed E-state index contributed by atoms with van der Waals surface area (Å²) >= 11 is 1.43. The molecular weight excluding hydrogens is 286 g/mol. The summed E-state index contributed by atoms with van der Waals surface area (Å²) < 4.78 is 0. The van der Waals surface area contributed by atoms with Gasteiger partial charge in [0, 0.05) is 25.7 Å². The zero-order valence-electron chi connectivity index (χ0n) is 12.0. The van der Waals surface area contributed by atoms with E-state index in [0.717, 1.165) is 32.2 Å². The quantitative estimate of drug-likeness (QED) is 0.895. The normalized spacial score (nSPS) is 26.1. The third-order valence-corrected chi connectivity index (χ3v) is 5.17. The minimum absolute atomic E-state index is 0.00783. The van der Waals surface area contributed by atoms with Gasteiger partial charge in [0.25, 0.3) is 5.91 Å². The maximum absolute atomic E-state index is 12.7. The molecule has 2 aliphatic rings. The van der Waals surface area contributed by atoms with E-state index < -0.39 is 0 Å². The number of carbonyl (C=O) groups excluding carboxylic acids is 2. The summed E-state index contributed by atoms with van der Waals surface area (Å²) in [4.78, 5) is 29.6. The minimum Gasteiger partial charge on any atom is -0.339 e. The molecule has 3 rings (SSSR count). The van der Waals surface area contributed by atoms with Crippen molar-refractivity contribution in [2.45, 2.75) is 37.8 Å². The highest BCUT2D eigenvalue weighted by molar-refractivity contribution is 7.12. The van der Waals surface area contributed by atoms with E-state index in [1.165, 1.54) is 11.3 Å². The molecule has 0 spiro atoms. The second kappa shape index (κ2) is 6.15. The topological polar surface area (TPSA) is 66.6 Å². The minimum atomic E-state index is -0.307. The van der Waals surface area contributed by atoms with Crippen LogP contribution in [0.4, 0.5) is 0 Å². The molecule has 0 radical (unpaired) electrons. The first-order valence-electron chi connectivity index (χ1n) is 7.55. The van der Waals surface area contributed by atoms with Gasteiger partial charge in [0.05, 0.1) is 4.88 Å². The van der Waals surface area contributed by atoms with Crippen molar-refractivity contribution in [3.63, 3.8) is 0 Å². The maximum atomic E-state index is 12.7. The molecule has 5 nitrogen and oxygen atoms in total. The fourth-order valence-corrected chi connectivity index (χ4v) is 3.85. The molecule has 0 aromatic carbocycles. The standard InChI is InChI=1S/C15H21N3O2S/c16-11-6-8-17(10-11)14(19)12-4-1-2-7-18(12)15(20)13-5-3-9-21-13/h3,5,9,11-12H,1-2,4,6-8,10,16H2/t11-,12?/m1/s1. The fraction of sp³-hybridized carbons (Fsp3) is 0.600. The third kappa shape index (κ3) is 2.96. The zero-order valence-corrected chi connectivity index (χ0v) is 12.8. The molecule has 1 aromatic heterocycles. The second-order valence-corrected chi connectivity index (χ2v) is 6.77. The molecule has 1 aromatic rings. The Labute approximate surface area is 128 Å². The molecule has 0 saturated carbocycles. The summed E-state index contributed by atoms with van der Waals surface area (Å²) in [7, 11) is 0. The Balaban J connectivity index is 1.75. The van der Waals surface area contributed by atoms with E-state index in [1.807, 2.05) is 22.4 Å². The zero-order chi connectivity index (χ0) is 14.8. The van der Waals surface area contributed by atoms with Gasteiger partial charge in [0.15, 0.2) is 0 Å². The van der Waals surface area contributed by atoms with E-state index in [4.69, 9.17) is 5.73 Å². The fourth-order valence-electron chi connectivity index (χ4n) is 3.17. The lowest BCUT2D eigenvalue weighted by Crippen LogP contribution is -2.52. The first kappa shape index (κ1) is 14.5. The lowest BCUT2D eigenvalue weighted by atomic mass is 10.0. The highest BCUT2D eigenvalue weighted by Gasteiger charge is 2.37. The van der Waals surface area contributed by atoms with E-state index in [1.54, 1.807) is 4.90 Å². The molecule has 0 bridgehead atoms. The summed E-state index contributed by atoms with van der Waals surface area (Å²) in [6, 6.07) is 3.48. The first-order valence-corrected chi connectivity index (χ1v) is 8.43. The lowest BCUT2D eigenvalue weighted by molar-refractivity contribution is -0.136. The molecule has 2 aliphatic heterocycles. The Bertz CT molecular complexity index is 517. The predicted molar refractivity (Wildman–Crippen MR) is 82.2 cm³/mol. The number of carbonyl (C=O) groups is 2. The van der Waals surface area contributed by atoms with E-state index in [9.17, 15) is 9.59 Å². The molecule has 1 unspecified atom stereocenters. The van der Waals surface area contributed by atoms with Gasteiger partial charge in [-0.15, -0.1) is 11.3 Å². The van der Waals surface area contributed by atoms with E-state index in [2.05, 4.69) is 0 Å². The van der Waals surface area contributed by atoms with E-state index >= 15 is 0 Å². The number of hydrogen-bond donors (Lipinski definition) is 1. The van der Waals surface area contributed by atoms with Crippen LogP contribution < -0.4 is 5.73 Å². The van der Waals surface area contributed by atoms with Crippen LogP contribution in [0.15, 0.2) is 17.5 Å². The molecule has 114 valence electrons. The average Bonchev–Trinajstić information content (AvgIpc) is 3.17. The van der Waals surface area contributed by atoms with Crippen molar-refractivity contribution in [2.75, 3.05) is 19.6 Å². The average molecular weight is 307 g/mol. The van der Waals surface area contributed by atoms with Crippen molar-refractivity contribution in [2.24, 2.45) is 5.73 Å². The van der Waals surface area contributed by atoms with Crippen LogP contribution in [0.25, 0.3) is 0 Å². The summed E-state index contributed by atoms with van der Waals surface area (Å²) in [6.07, 6.45) is 3.60. The largest absolute Gasteiger partial charge is 0.339 e. The van der Waals surface area contributed by atoms with Gasteiger partial charge < -0.3 is 15.5 Å². The number of likely N-dealkylation sites (tertiary alicyclic amines) is 2. The number of nitrogens with zero attached hydrogens (tertiary/aromatic N) is 2. The van der Waals surface area contributed by atoms with Gasteiger partial charge in [0.1, 0.15) is 6.04 Å². The number of piperidine rings is 1. The number of amides is 2. The van der Waals surface area contributed by atoms with Crippen molar-refractivity contribution in [3.8, 4) is 0 Å². The van der Waals surface area contributed by atoms with Crippen molar-refractivity contribution in [1.82, 2.24) is 9.80 Å². The van der Waals surface area contributed by atoms with Crippen molar-refractivity contribution < 1.29 is 9.59 Å². The number of nitrogens with two attached hydrogens (primary N) is 1. The molecule has 2 amide bonds. The van der Waals surface area contributed by atoms with Crippen LogP contribution in [-0.4, -0.2) is 53.3 Å². The monoisotopic (exact) mass is 307 g/mol. The van der Waals surface area contributed by atoms with Gasteiger partial charge in [-0.05, 0) is 37.1 Å². The summed E-state index contributed by atoms with van der Waals surface area (Å²) in [5, 5.41) is 1.90. The Morgan fingerprint density at radius 2 is 2.10 bits per heavy atom. The molecule has 6 heteroatoms. The maximum Gasteiger partial charge on any atom is 0.264 e. The molecular formula is C15H21N3O2S. The van der Waals surface area contributed by atoms with Gasteiger partial charge in [-0.3, -0.25) is 9.59 Å². The van der Waals surface area contributed by atoms with E-state index in [-0.39, 0.29) is 23.9 Å². The first-order chi connectivity index (χ1) is 10.2. The van der Waals surface area contributed by atoms with E-state index in [0.29, 0.717) is 18.0 Å². The Kier molecular flexibility index (Phi) is 4.26. The smallest absolute Gasteiger partial charge is 0.264 e. The second-order valence-electron chi connectivity index (χ2n) is 5.82. The van der Waals surface area contributed by atoms with Gasteiger partial charge in [0.2, 0.25) is 5.91 Å².